The third-order valence-electron chi connectivity index (χ3n) is 6.17. The number of imide groups is 1. The molecule has 2 N–H and O–H groups in total. The Morgan fingerprint density at radius 1 is 0.938 bits per heavy atom. The first-order valence-electron chi connectivity index (χ1n) is 10.9. The summed E-state index contributed by atoms with van der Waals surface area (Å²) in [7, 11) is 0. The normalized spacial score (nSPS) is 18.2. The average Bonchev–Trinajstić information content (AvgIpc) is 3.02. The second-order valence-corrected chi connectivity index (χ2v) is 8.18. The van der Waals surface area contributed by atoms with Crippen molar-refractivity contribution < 1.29 is 14.4 Å². The molecule has 6 nitrogen and oxygen atoms in total. The van der Waals surface area contributed by atoms with E-state index in [1.54, 1.807) is 6.92 Å². The van der Waals surface area contributed by atoms with E-state index in [9.17, 15) is 14.4 Å². The van der Waals surface area contributed by atoms with Crippen LogP contribution in [0.5, 0.6) is 0 Å². The molecule has 0 bridgehead atoms. The predicted molar refractivity (Wildman–Crippen MR) is 125 cm³/mol. The van der Waals surface area contributed by atoms with E-state index in [4.69, 9.17) is 0 Å². The van der Waals surface area contributed by atoms with Gasteiger partial charge in [-0.25, -0.2) is 4.79 Å². The molecule has 3 aromatic rings. The summed E-state index contributed by atoms with van der Waals surface area (Å²) in [5.74, 6) is -0.834. The van der Waals surface area contributed by atoms with Gasteiger partial charge in [0, 0.05) is 5.69 Å². The molecule has 0 aliphatic carbocycles. The minimum Gasteiger partial charge on any atom is -0.324 e. The maximum Gasteiger partial charge on any atom is 0.325 e. The van der Waals surface area contributed by atoms with Crippen LogP contribution < -0.4 is 10.6 Å². The smallest absolute Gasteiger partial charge is 0.324 e. The molecule has 0 spiro atoms. The van der Waals surface area contributed by atoms with Crippen molar-refractivity contribution in [2.24, 2.45) is 0 Å². The second kappa shape index (κ2) is 8.46. The molecule has 0 aromatic heterocycles. The number of benzene rings is 3. The summed E-state index contributed by atoms with van der Waals surface area (Å²) >= 11 is 0. The van der Waals surface area contributed by atoms with Crippen LogP contribution in [0.4, 0.5) is 10.5 Å². The molecule has 1 aliphatic rings. The molecule has 1 fully saturated rings. The fraction of sp³-hybridized carbons (Fsp3) is 0.269. The van der Waals surface area contributed by atoms with E-state index in [-0.39, 0.29) is 6.54 Å². The Morgan fingerprint density at radius 3 is 2.25 bits per heavy atom. The molecule has 4 amide bonds. The highest BCUT2D eigenvalue weighted by molar-refractivity contribution is 6.11. The number of carbonyl (C=O) groups is 3. The first kappa shape index (κ1) is 21.6. The molecule has 1 saturated heterocycles. The van der Waals surface area contributed by atoms with Crippen LogP contribution in [-0.4, -0.2) is 29.3 Å². The van der Waals surface area contributed by atoms with Crippen molar-refractivity contribution in [2.45, 2.75) is 39.2 Å². The van der Waals surface area contributed by atoms with Gasteiger partial charge in [0.15, 0.2) is 0 Å². The summed E-state index contributed by atoms with van der Waals surface area (Å²) in [5, 5.41) is 7.61. The van der Waals surface area contributed by atoms with Crippen molar-refractivity contribution in [1.29, 1.82) is 0 Å². The lowest BCUT2D eigenvalue weighted by atomic mass is 9.88. The molecule has 164 valence electrons. The van der Waals surface area contributed by atoms with Gasteiger partial charge in [-0.15, -0.1) is 0 Å². The van der Waals surface area contributed by atoms with Crippen LogP contribution in [0.1, 0.15) is 37.5 Å². The molecular formula is C26H27N3O3. The molecule has 0 saturated carbocycles. The number of para-hydroxylation sites is 1. The molecule has 0 radical (unpaired) electrons. The van der Waals surface area contributed by atoms with Crippen molar-refractivity contribution in [2.75, 3.05) is 11.9 Å². The zero-order chi connectivity index (χ0) is 22.9. The number of hydrogen-bond donors (Lipinski definition) is 2. The summed E-state index contributed by atoms with van der Waals surface area (Å²) in [4.78, 5) is 40.0. The lowest BCUT2D eigenvalue weighted by Gasteiger charge is -2.24. The van der Waals surface area contributed by atoms with Crippen molar-refractivity contribution in [3.05, 3.63) is 77.4 Å². The number of amides is 4. The summed E-state index contributed by atoms with van der Waals surface area (Å²) < 4.78 is 0. The van der Waals surface area contributed by atoms with E-state index in [0.29, 0.717) is 5.56 Å². The largest absolute Gasteiger partial charge is 0.325 e. The van der Waals surface area contributed by atoms with Gasteiger partial charge in [0.25, 0.3) is 5.91 Å². The van der Waals surface area contributed by atoms with E-state index < -0.39 is 23.4 Å². The summed E-state index contributed by atoms with van der Waals surface area (Å²) in [6, 6.07) is 18.7. The Bertz CT molecular complexity index is 1190. The van der Waals surface area contributed by atoms with Crippen molar-refractivity contribution in [3.8, 4) is 0 Å². The van der Waals surface area contributed by atoms with Crippen LogP contribution >= 0.6 is 0 Å². The van der Waals surface area contributed by atoms with Crippen LogP contribution in [0.2, 0.25) is 0 Å². The van der Waals surface area contributed by atoms with E-state index in [0.717, 1.165) is 45.3 Å². The van der Waals surface area contributed by atoms with Gasteiger partial charge in [-0.2, -0.15) is 0 Å². The SMILES string of the molecule is CCc1cccc(CC)c1NC(=O)CN1C(=O)NC(C)(c2cccc3ccccc23)C1=O. The highest BCUT2D eigenvalue weighted by Gasteiger charge is 2.50. The van der Waals surface area contributed by atoms with Crippen LogP contribution in [0, 0.1) is 0 Å². The molecule has 1 heterocycles. The maximum atomic E-state index is 13.4. The van der Waals surface area contributed by atoms with Crippen LogP contribution in [-0.2, 0) is 28.0 Å². The fourth-order valence-electron chi connectivity index (χ4n) is 4.41. The quantitative estimate of drug-likeness (QED) is 0.571. The van der Waals surface area contributed by atoms with Gasteiger partial charge >= 0.3 is 6.03 Å². The zero-order valence-corrected chi connectivity index (χ0v) is 18.6. The van der Waals surface area contributed by atoms with E-state index in [1.165, 1.54) is 0 Å². The van der Waals surface area contributed by atoms with Gasteiger partial charge in [-0.3, -0.25) is 14.5 Å². The molecule has 3 aromatic carbocycles. The van der Waals surface area contributed by atoms with Crippen LogP contribution in [0.3, 0.4) is 0 Å². The maximum absolute atomic E-state index is 13.4. The van der Waals surface area contributed by atoms with Crippen molar-refractivity contribution in [1.82, 2.24) is 10.2 Å². The minimum atomic E-state index is -1.24. The van der Waals surface area contributed by atoms with Crippen LogP contribution in [0.25, 0.3) is 10.8 Å². The highest BCUT2D eigenvalue weighted by atomic mass is 16.2. The van der Waals surface area contributed by atoms with Gasteiger partial charge in [0.2, 0.25) is 5.91 Å². The Kier molecular flexibility index (Phi) is 5.70. The van der Waals surface area contributed by atoms with E-state index in [1.807, 2.05) is 74.5 Å². The van der Waals surface area contributed by atoms with Gasteiger partial charge in [0.1, 0.15) is 12.1 Å². The molecular weight excluding hydrogens is 402 g/mol. The predicted octanol–water partition coefficient (Wildman–Crippen LogP) is 4.37. The summed E-state index contributed by atoms with van der Waals surface area (Å²) in [6.45, 7) is 5.40. The van der Waals surface area contributed by atoms with Gasteiger partial charge < -0.3 is 10.6 Å². The third kappa shape index (κ3) is 3.62. The molecule has 1 aliphatic heterocycles. The summed E-state index contributed by atoms with van der Waals surface area (Å²) in [6.07, 6.45) is 1.54. The van der Waals surface area contributed by atoms with E-state index in [2.05, 4.69) is 10.6 Å². The first-order valence-corrected chi connectivity index (χ1v) is 10.9. The number of urea groups is 1. The molecule has 6 heteroatoms. The number of fused-ring (bicyclic) bond motifs is 1. The molecule has 1 unspecified atom stereocenters. The zero-order valence-electron chi connectivity index (χ0n) is 18.6. The minimum absolute atomic E-state index is 0.341. The Labute approximate surface area is 187 Å². The first-order chi connectivity index (χ1) is 15.4. The van der Waals surface area contributed by atoms with E-state index >= 15 is 0 Å². The Hall–Kier alpha value is -3.67. The monoisotopic (exact) mass is 429 g/mol. The molecule has 4 rings (SSSR count). The van der Waals surface area contributed by atoms with Gasteiger partial charge in [-0.1, -0.05) is 74.5 Å². The fourth-order valence-corrected chi connectivity index (χ4v) is 4.41. The Morgan fingerprint density at radius 2 is 1.56 bits per heavy atom. The summed E-state index contributed by atoms with van der Waals surface area (Å²) in [5.41, 5.74) is 2.28. The average molecular weight is 430 g/mol. The lowest BCUT2D eigenvalue weighted by Crippen LogP contribution is -2.42. The number of nitrogens with zero attached hydrogens (tertiary/aromatic N) is 1. The number of hydrogen-bond acceptors (Lipinski definition) is 3. The van der Waals surface area contributed by atoms with Crippen molar-refractivity contribution in [3.63, 3.8) is 0 Å². The topological polar surface area (TPSA) is 78.5 Å². The number of carbonyl (C=O) groups excluding carboxylic acids is 3. The third-order valence-corrected chi connectivity index (χ3v) is 6.17. The number of nitrogens with one attached hydrogen (secondary N) is 2. The number of rotatable bonds is 6. The Balaban J connectivity index is 1.60. The number of anilines is 1. The van der Waals surface area contributed by atoms with Gasteiger partial charge in [-0.05, 0) is 47.2 Å². The standard InChI is InChI=1S/C26H27N3O3/c1-4-17-11-8-12-18(5-2)23(17)27-22(30)16-29-24(31)26(3,28-25(29)32)21-15-9-13-19-10-6-7-14-20(19)21/h6-15H,4-5,16H2,1-3H3,(H,27,30)(H,28,32). The van der Waals surface area contributed by atoms with Crippen LogP contribution in [0.15, 0.2) is 60.7 Å². The molecule has 32 heavy (non-hydrogen) atoms. The lowest BCUT2D eigenvalue weighted by molar-refractivity contribution is -0.133. The van der Waals surface area contributed by atoms with Gasteiger partial charge in [0.05, 0.1) is 0 Å². The highest BCUT2D eigenvalue weighted by Crippen LogP contribution is 2.34. The molecule has 1 atom stereocenters. The second-order valence-electron chi connectivity index (χ2n) is 8.18. The van der Waals surface area contributed by atoms with Crippen molar-refractivity contribution >= 4 is 34.3 Å². The number of aryl methyl sites for hydroxylation is 2.